The lowest BCUT2D eigenvalue weighted by Crippen LogP contribution is -2.25. The van der Waals surface area contributed by atoms with Crippen molar-refractivity contribution in [1.82, 2.24) is 0 Å². The van der Waals surface area contributed by atoms with E-state index in [2.05, 4.69) is 26.1 Å². The van der Waals surface area contributed by atoms with Crippen LogP contribution < -0.4 is 10.2 Å². The van der Waals surface area contributed by atoms with Gasteiger partial charge in [-0.25, -0.2) is 0 Å². The third-order valence-electron chi connectivity index (χ3n) is 3.23. The van der Waals surface area contributed by atoms with Crippen LogP contribution in [0.4, 0.5) is 11.4 Å². The Labute approximate surface area is 120 Å². The zero-order valence-electron chi connectivity index (χ0n) is 10.7. The van der Waals surface area contributed by atoms with Crippen LogP contribution in [0.15, 0.2) is 16.6 Å². The van der Waals surface area contributed by atoms with Gasteiger partial charge in [0.25, 0.3) is 5.91 Å². The van der Waals surface area contributed by atoms with Crippen molar-refractivity contribution in [1.29, 1.82) is 0 Å². The second kappa shape index (κ2) is 5.90. The summed E-state index contributed by atoms with van der Waals surface area (Å²) >= 11 is 3.48. The summed E-state index contributed by atoms with van der Waals surface area (Å²) < 4.78 is 0.835. The summed E-state index contributed by atoms with van der Waals surface area (Å²) in [6.07, 6.45) is -0.403. The van der Waals surface area contributed by atoms with Crippen LogP contribution in [-0.2, 0) is 4.79 Å². The maximum absolute atomic E-state index is 11.4. The lowest BCUT2D eigenvalue weighted by Gasteiger charge is -2.24. The first-order chi connectivity index (χ1) is 9.08. The number of rotatable bonds is 5. The highest BCUT2D eigenvalue weighted by Crippen LogP contribution is 2.38. The van der Waals surface area contributed by atoms with Crippen LogP contribution in [0, 0.1) is 0 Å². The summed E-state index contributed by atoms with van der Waals surface area (Å²) in [5.41, 5.74) is 2.20. The van der Waals surface area contributed by atoms with Crippen LogP contribution in [0.2, 0.25) is 0 Å². The molecule has 0 bridgehead atoms. The number of hydrogen-bond donors (Lipinski definition) is 3. The molecule has 19 heavy (non-hydrogen) atoms. The first-order valence-corrected chi connectivity index (χ1v) is 7.06. The third-order valence-corrected chi connectivity index (χ3v) is 3.86. The Balaban J connectivity index is 2.32. The molecule has 1 aromatic rings. The highest BCUT2D eigenvalue weighted by Gasteiger charge is 2.30. The van der Waals surface area contributed by atoms with E-state index in [1.54, 1.807) is 6.07 Å². The van der Waals surface area contributed by atoms with Crippen molar-refractivity contribution in [2.24, 2.45) is 0 Å². The largest absolute Gasteiger partial charge is 0.396 e. The van der Waals surface area contributed by atoms with Gasteiger partial charge in [-0.05, 0) is 41.4 Å². The van der Waals surface area contributed by atoms with Gasteiger partial charge in [-0.2, -0.15) is 0 Å². The molecule has 6 heteroatoms. The molecular formula is C13H17BrN2O3. The van der Waals surface area contributed by atoms with Crippen molar-refractivity contribution >= 4 is 33.2 Å². The highest BCUT2D eigenvalue weighted by atomic mass is 79.9. The summed E-state index contributed by atoms with van der Waals surface area (Å²) in [4.78, 5) is 13.6. The number of aliphatic hydroxyl groups is 2. The van der Waals surface area contributed by atoms with Gasteiger partial charge >= 0.3 is 0 Å². The van der Waals surface area contributed by atoms with Gasteiger partial charge in [0.05, 0.1) is 5.69 Å². The maximum Gasteiger partial charge on any atom is 0.257 e. The number of halogens is 1. The number of aliphatic hydroxyl groups excluding tert-OH is 2. The normalized spacial score (nSPS) is 17.3. The molecule has 0 radical (unpaired) electrons. The minimum Gasteiger partial charge on any atom is -0.396 e. The number of nitrogens with one attached hydrogen (secondary N) is 1. The summed E-state index contributed by atoms with van der Waals surface area (Å²) in [5, 5.41) is 21.3. The molecule has 1 aliphatic rings. The average Bonchev–Trinajstić information content (AvgIpc) is 2.66. The lowest BCUT2D eigenvalue weighted by atomic mass is 10.1. The van der Waals surface area contributed by atoms with Gasteiger partial charge in [-0.1, -0.05) is 0 Å². The highest BCUT2D eigenvalue weighted by molar-refractivity contribution is 9.10. The predicted molar refractivity (Wildman–Crippen MR) is 77.3 cm³/mol. The van der Waals surface area contributed by atoms with Crippen molar-refractivity contribution in [3.05, 3.63) is 22.2 Å². The van der Waals surface area contributed by atoms with Gasteiger partial charge in [0.1, 0.15) is 0 Å². The number of fused-ring (bicyclic) bond motifs is 1. The summed E-state index contributed by atoms with van der Waals surface area (Å²) in [7, 11) is 0. The van der Waals surface area contributed by atoms with E-state index in [0.717, 1.165) is 23.2 Å². The molecule has 0 saturated heterocycles. The number of carbonyl (C=O) groups excluding carboxylic acids is 1. The van der Waals surface area contributed by atoms with E-state index in [0.29, 0.717) is 17.7 Å². The topological polar surface area (TPSA) is 72.8 Å². The Hall–Kier alpha value is -1.11. The Kier molecular flexibility index (Phi) is 4.44. The predicted octanol–water partition coefficient (Wildman–Crippen LogP) is 1.64. The third kappa shape index (κ3) is 2.75. The maximum atomic E-state index is 11.4. The molecule has 104 valence electrons. The van der Waals surface area contributed by atoms with E-state index in [-0.39, 0.29) is 6.61 Å². The first-order valence-electron chi connectivity index (χ1n) is 6.26. The van der Waals surface area contributed by atoms with Crippen LogP contribution in [0.3, 0.4) is 0 Å². The fourth-order valence-corrected chi connectivity index (χ4v) is 2.82. The molecule has 1 heterocycles. The van der Waals surface area contributed by atoms with Gasteiger partial charge in [0.2, 0.25) is 0 Å². The van der Waals surface area contributed by atoms with Gasteiger partial charge < -0.3 is 20.4 Å². The SMILES string of the molecule is CCN(CCCO)c1cc2c(cc1Br)C(O)C(=O)N2. The summed E-state index contributed by atoms with van der Waals surface area (Å²) in [5.74, 6) is -0.391. The van der Waals surface area contributed by atoms with Crippen molar-refractivity contribution in [3.63, 3.8) is 0 Å². The summed E-state index contributed by atoms with van der Waals surface area (Å²) in [6.45, 7) is 3.72. The first kappa shape index (κ1) is 14.3. The van der Waals surface area contributed by atoms with E-state index >= 15 is 0 Å². The van der Waals surface area contributed by atoms with Crippen molar-refractivity contribution < 1.29 is 15.0 Å². The molecule has 0 spiro atoms. The Bertz CT molecular complexity index is 493. The molecular weight excluding hydrogens is 312 g/mol. The monoisotopic (exact) mass is 328 g/mol. The number of nitrogens with zero attached hydrogens (tertiary/aromatic N) is 1. The second-order valence-electron chi connectivity index (χ2n) is 4.44. The van der Waals surface area contributed by atoms with Gasteiger partial charge in [-0.15, -0.1) is 0 Å². The van der Waals surface area contributed by atoms with Crippen molar-refractivity contribution in [2.75, 3.05) is 29.9 Å². The van der Waals surface area contributed by atoms with E-state index in [1.807, 2.05) is 13.0 Å². The molecule has 3 N–H and O–H groups in total. The van der Waals surface area contributed by atoms with Gasteiger partial charge in [0, 0.05) is 35.4 Å². The molecule has 0 aromatic heterocycles. The van der Waals surface area contributed by atoms with E-state index < -0.39 is 12.0 Å². The van der Waals surface area contributed by atoms with E-state index in [9.17, 15) is 9.90 Å². The fourth-order valence-electron chi connectivity index (χ4n) is 2.21. The molecule has 1 unspecified atom stereocenters. The quantitative estimate of drug-likeness (QED) is 0.768. The van der Waals surface area contributed by atoms with E-state index in [1.165, 1.54) is 0 Å². The molecule has 0 saturated carbocycles. The van der Waals surface area contributed by atoms with Crippen LogP contribution in [0.1, 0.15) is 25.0 Å². The van der Waals surface area contributed by atoms with Crippen LogP contribution in [0.5, 0.6) is 0 Å². The molecule has 1 aromatic carbocycles. The Morgan fingerprint density at radius 1 is 1.47 bits per heavy atom. The van der Waals surface area contributed by atoms with Crippen LogP contribution in [0.25, 0.3) is 0 Å². The zero-order valence-corrected chi connectivity index (χ0v) is 12.3. The smallest absolute Gasteiger partial charge is 0.257 e. The van der Waals surface area contributed by atoms with Crippen LogP contribution >= 0.6 is 15.9 Å². The number of benzene rings is 1. The molecule has 1 aliphatic heterocycles. The van der Waals surface area contributed by atoms with Gasteiger partial charge in [0.15, 0.2) is 6.10 Å². The molecule has 5 nitrogen and oxygen atoms in total. The summed E-state index contributed by atoms with van der Waals surface area (Å²) in [6, 6.07) is 3.63. The minimum atomic E-state index is -1.09. The lowest BCUT2D eigenvalue weighted by molar-refractivity contribution is -0.123. The van der Waals surface area contributed by atoms with Crippen molar-refractivity contribution in [3.8, 4) is 0 Å². The number of amides is 1. The number of hydrogen-bond acceptors (Lipinski definition) is 4. The molecule has 1 amide bonds. The zero-order chi connectivity index (χ0) is 14.0. The standard InChI is InChI=1S/C13H17BrN2O3/c1-2-16(4-3-5-17)11-7-10-8(6-9(11)14)12(18)13(19)15-10/h6-7,12,17-18H,2-5H2,1H3,(H,15,19). The molecule has 1 atom stereocenters. The number of anilines is 2. The number of carbonyl (C=O) groups is 1. The van der Waals surface area contributed by atoms with Crippen molar-refractivity contribution in [2.45, 2.75) is 19.4 Å². The second-order valence-corrected chi connectivity index (χ2v) is 5.29. The van der Waals surface area contributed by atoms with E-state index in [4.69, 9.17) is 5.11 Å². The Morgan fingerprint density at radius 3 is 2.84 bits per heavy atom. The minimum absolute atomic E-state index is 0.147. The average molecular weight is 329 g/mol. The molecule has 2 rings (SSSR count). The van der Waals surface area contributed by atoms with Gasteiger partial charge in [-0.3, -0.25) is 4.79 Å². The Morgan fingerprint density at radius 2 is 2.21 bits per heavy atom. The molecule has 0 aliphatic carbocycles. The fraction of sp³-hybridized carbons (Fsp3) is 0.462. The molecule has 0 fully saturated rings. The van der Waals surface area contributed by atoms with Crippen LogP contribution in [-0.4, -0.2) is 35.8 Å².